The van der Waals surface area contributed by atoms with Crippen molar-refractivity contribution >= 4 is 22.5 Å². The van der Waals surface area contributed by atoms with Crippen LogP contribution in [0.5, 0.6) is 0 Å². The molecule has 102 valence electrons. The minimum atomic E-state index is 0.980. The molecule has 0 saturated carbocycles. The predicted molar refractivity (Wildman–Crippen MR) is 87.9 cm³/mol. The van der Waals surface area contributed by atoms with Gasteiger partial charge in [-0.05, 0) is 53.8 Å². The average molecular weight is 273 g/mol. The second-order valence-electron chi connectivity index (χ2n) is 4.91. The van der Waals surface area contributed by atoms with E-state index >= 15 is 0 Å². The largest absolute Gasteiger partial charge is 0.313 e. The molecule has 0 fully saturated rings. The summed E-state index contributed by atoms with van der Waals surface area (Å²) in [6.07, 6.45) is 6.15. The third-order valence-electron chi connectivity index (χ3n) is 3.35. The lowest BCUT2D eigenvalue weighted by Gasteiger charge is -2.06. The Labute approximate surface area is 120 Å². The van der Waals surface area contributed by atoms with Gasteiger partial charge in [0.15, 0.2) is 0 Å². The number of hydrogen-bond donors (Lipinski definition) is 1. The first-order valence-corrected chi connectivity index (χ1v) is 8.47. The van der Waals surface area contributed by atoms with Crippen molar-refractivity contribution in [3.63, 3.8) is 0 Å². The van der Waals surface area contributed by atoms with E-state index in [9.17, 15) is 0 Å². The van der Waals surface area contributed by atoms with Crippen LogP contribution in [0.4, 0.5) is 0 Å². The van der Waals surface area contributed by atoms with Crippen LogP contribution in [-0.4, -0.2) is 18.6 Å². The average Bonchev–Trinajstić information content (AvgIpc) is 2.46. The number of unbranched alkanes of at least 4 members (excludes halogenated alkanes) is 2. The number of rotatable bonds is 8. The van der Waals surface area contributed by atoms with Gasteiger partial charge in [-0.25, -0.2) is 0 Å². The summed E-state index contributed by atoms with van der Waals surface area (Å²) in [6, 6.07) is 15.3. The lowest BCUT2D eigenvalue weighted by molar-refractivity contribution is 0.619. The summed E-state index contributed by atoms with van der Waals surface area (Å²) < 4.78 is 0. The number of hydrogen-bond acceptors (Lipinski definition) is 2. The molecule has 0 aromatic heterocycles. The lowest BCUT2D eigenvalue weighted by Crippen LogP contribution is -2.14. The lowest BCUT2D eigenvalue weighted by atomic mass is 10.1. The fraction of sp³-hybridized carbons (Fsp3) is 0.412. The standard InChI is InChI=1S/C17H23NS/c1-19-12-6-2-5-11-18-14-15-9-10-16-7-3-4-8-17(16)13-15/h3-4,7-10,13,18H,2,5-6,11-12,14H2,1H3. The number of benzene rings is 2. The highest BCUT2D eigenvalue weighted by Crippen LogP contribution is 2.15. The van der Waals surface area contributed by atoms with E-state index in [2.05, 4.69) is 54.0 Å². The molecule has 2 aromatic carbocycles. The maximum absolute atomic E-state index is 3.54. The molecule has 0 bridgehead atoms. The number of fused-ring (bicyclic) bond motifs is 1. The van der Waals surface area contributed by atoms with E-state index in [1.807, 2.05) is 11.8 Å². The molecule has 2 heteroatoms. The maximum Gasteiger partial charge on any atom is 0.0205 e. The highest BCUT2D eigenvalue weighted by Gasteiger charge is 1.96. The molecule has 2 aromatic rings. The zero-order valence-corrected chi connectivity index (χ0v) is 12.5. The van der Waals surface area contributed by atoms with Gasteiger partial charge in [-0.15, -0.1) is 0 Å². The summed E-state index contributed by atoms with van der Waals surface area (Å²) in [5.41, 5.74) is 1.38. The fourth-order valence-corrected chi connectivity index (χ4v) is 2.75. The Balaban J connectivity index is 1.72. The normalized spacial score (nSPS) is 11.0. The van der Waals surface area contributed by atoms with Crippen molar-refractivity contribution in [1.29, 1.82) is 0 Å². The maximum atomic E-state index is 3.54. The third-order valence-corrected chi connectivity index (χ3v) is 4.04. The van der Waals surface area contributed by atoms with Crippen molar-refractivity contribution < 1.29 is 0 Å². The van der Waals surface area contributed by atoms with Gasteiger partial charge in [-0.1, -0.05) is 42.8 Å². The van der Waals surface area contributed by atoms with Crippen molar-refractivity contribution in [2.24, 2.45) is 0 Å². The third kappa shape index (κ3) is 4.88. The quantitative estimate of drug-likeness (QED) is 0.713. The van der Waals surface area contributed by atoms with Crippen molar-refractivity contribution in [2.45, 2.75) is 25.8 Å². The second kappa shape index (κ2) is 8.23. The highest BCUT2D eigenvalue weighted by molar-refractivity contribution is 7.98. The van der Waals surface area contributed by atoms with E-state index in [1.54, 1.807) is 0 Å². The van der Waals surface area contributed by atoms with Gasteiger partial charge in [0.2, 0.25) is 0 Å². The molecule has 2 rings (SSSR count). The minimum absolute atomic E-state index is 0.980. The minimum Gasteiger partial charge on any atom is -0.313 e. The van der Waals surface area contributed by atoms with Crippen LogP contribution < -0.4 is 5.32 Å². The summed E-state index contributed by atoms with van der Waals surface area (Å²) in [7, 11) is 0. The first-order chi connectivity index (χ1) is 9.40. The summed E-state index contributed by atoms with van der Waals surface area (Å²) >= 11 is 1.94. The summed E-state index contributed by atoms with van der Waals surface area (Å²) in [5, 5.41) is 6.19. The molecule has 0 unspecified atom stereocenters. The number of nitrogens with one attached hydrogen (secondary N) is 1. The zero-order chi connectivity index (χ0) is 13.3. The molecule has 0 radical (unpaired) electrons. The van der Waals surface area contributed by atoms with Crippen LogP contribution in [0.25, 0.3) is 10.8 Å². The fourth-order valence-electron chi connectivity index (χ4n) is 2.25. The monoisotopic (exact) mass is 273 g/mol. The Morgan fingerprint density at radius 3 is 2.63 bits per heavy atom. The highest BCUT2D eigenvalue weighted by atomic mass is 32.2. The first kappa shape index (κ1) is 14.4. The molecule has 0 atom stereocenters. The van der Waals surface area contributed by atoms with Crippen molar-refractivity contribution in [2.75, 3.05) is 18.6 Å². The van der Waals surface area contributed by atoms with Crippen LogP contribution >= 0.6 is 11.8 Å². The van der Waals surface area contributed by atoms with Crippen LogP contribution in [0.3, 0.4) is 0 Å². The van der Waals surface area contributed by atoms with E-state index in [4.69, 9.17) is 0 Å². The van der Waals surface area contributed by atoms with Gasteiger partial charge in [0, 0.05) is 6.54 Å². The Kier molecular flexibility index (Phi) is 6.25. The van der Waals surface area contributed by atoms with Crippen LogP contribution in [0.15, 0.2) is 42.5 Å². The van der Waals surface area contributed by atoms with Gasteiger partial charge in [0.05, 0.1) is 0 Å². The van der Waals surface area contributed by atoms with E-state index in [0.29, 0.717) is 0 Å². The van der Waals surface area contributed by atoms with Gasteiger partial charge in [-0.3, -0.25) is 0 Å². The molecular weight excluding hydrogens is 250 g/mol. The van der Waals surface area contributed by atoms with Gasteiger partial charge in [-0.2, -0.15) is 11.8 Å². The molecule has 0 amide bonds. The molecule has 0 saturated heterocycles. The smallest absolute Gasteiger partial charge is 0.0205 e. The molecule has 0 aliphatic rings. The van der Waals surface area contributed by atoms with Gasteiger partial charge < -0.3 is 5.32 Å². The van der Waals surface area contributed by atoms with Crippen molar-refractivity contribution in [1.82, 2.24) is 5.32 Å². The molecule has 1 N–H and O–H groups in total. The van der Waals surface area contributed by atoms with E-state index in [-0.39, 0.29) is 0 Å². The van der Waals surface area contributed by atoms with Crippen molar-refractivity contribution in [3.8, 4) is 0 Å². The zero-order valence-electron chi connectivity index (χ0n) is 11.7. The van der Waals surface area contributed by atoms with Crippen LogP contribution in [-0.2, 0) is 6.54 Å². The molecule has 0 heterocycles. The van der Waals surface area contributed by atoms with Gasteiger partial charge in [0.1, 0.15) is 0 Å². The Bertz CT molecular complexity index is 495. The van der Waals surface area contributed by atoms with Crippen molar-refractivity contribution in [3.05, 3.63) is 48.0 Å². The van der Waals surface area contributed by atoms with E-state index < -0.39 is 0 Å². The summed E-state index contributed by atoms with van der Waals surface area (Å²) in [4.78, 5) is 0. The molecule has 0 aliphatic carbocycles. The number of thioether (sulfide) groups is 1. The Hall–Kier alpha value is -0.990. The molecule has 0 spiro atoms. The SMILES string of the molecule is CSCCCCCNCc1ccc2ccccc2c1. The van der Waals surface area contributed by atoms with E-state index in [1.165, 1.54) is 41.4 Å². The van der Waals surface area contributed by atoms with Crippen LogP contribution in [0.2, 0.25) is 0 Å². The Morgan fingerprint density at radius 1 is 0.947 bits per heavy atom. The Morgan fingerprint density at radius 2 is 1.79 bits per heavy atom. The molecule has 1 nitrogen and oxygen atoms in total. The van der Waals surface area contributed by atoms with Crippen LogP contribution in [0, 0.1) is 0 Å². The van der Waals surface area contributed by atoms with Gasteiger partial charge in [0.25, 0.3) is 0 Å². The molecular formula is C17H23NS. The molecule has 0 aliphatic heterocycles. The predicted octanol–water partition coefficient (Wildman–Crippen LogP) is 4.46. The second-order valence-corrected chi connectivity index (χ2v) is 5.90. The van der Waals surface area contributed by atoms with E-state index in [0.717, 1.165) is 13.1 Å². The summed E-state index contributed by atoms with van der Waals surface area (Å²) in [5.74, 6) is 1.30. The summed E-state index contributed by atoms with van der Waals surface area (Å²) in [6.45, 7) is 2.11. The topological polar surface area (TPSA) is 12.0 Å². The molecule has 19 heavy (non-hydrogen) atoms. The first-order valence-electron chi connectivity index (χ1n) is 7.07. The van der Waals surface area contributed by atoms with Gasteiger partial charge >= 0.3 is 0 Å². The van der Waals surface area contributed by atoms with Crippen LogP contribution in [0.1, 0.15) is 24.8 Å².